The number of hydrogen-bond acceptors (Lipinski definition) is 5. The van der Waals surface area contributed by atoms with Crippen LogP contribution in [0.3, 0.4) is 0 Å². The monoisotopic (exact) mass is 386 g/mol. The van der Waals surface area contributed by atoms with Gasteiger partial charge in [0, 0.05) is 37.8 Å². The molecule has 0 bridgehead atoms. The van der Waals surface area contributed by atoms with Crippen LogP contribution in [0.15, 0.2) is 12.3 Å². The number of aromatic nitrogens is 3. The second-order valence-electron chi connectivity index (χ2n) is 7.36. The molecule has 1 fully saturated rings. The average molecular weight is 386 g/mol. The molecule has 2 N–H and O–H groups in total. The molecule has 27 heavy (non-hydrogen) atoms. The Bertz CT molecular complexity index is 716. The first-order chi connectivity index (χ1) is 12.7. The minimum absolute atomic E-state index is 0.0583. The molecule has 0 saturated carbocycles. The van der Waals surface area contributed by atoms with Gasteiger partial charge in [-0.15, -0.1) is 10.2 Å². The van der Waals surface area contributed by atoms with Gasteiger partial charge in [0.15, 0.2) is 5.82 Å². The summed E-state index contributed by atoms with van der Waals surface area (Å²) in [5.74, 6) is -0.392. The zero-order valence-corrected chi connectivity index (χ0v) is 15.4. The molecule has 3 rings (SSSR count). The van der Waals surface area contributed by atoms with Gasteiger partial charge in [-0.25, -0.2) is 0 Å². The van der Waals surface area contributed by atoms with E-state index in [9.17, 15) is 18.0 Å². The zero-order chi connectivity index (χ0) is 19.8. The Morgan fingerprint density at radius 3 is 2.67 bits per heavy atom. The molecule has 2 unspecified atom stereocenters. The first-order valence-corrected chi connectivity index (χ1v) is 9.11. The Labute approximate surface area is 156 Å². The molecule has 150 valence electrons. The molecule has 0 aliphatic carbocycles. The second-order valence-corrected chi connectivity index (χ2v) is 7.36. The van der Waals surface area contributed by atoms with Crippen LogP contribution in [0.5, 0.6) is 0 Å². The van der Waals surface area contributed by atoms with Crippen molar-refractivity contribution < 1.29 is 18.0 Å². The lowest BCUT2D eigenvalue weighted by molar-refractivity contribution is -0.148. The number of halogens is 3. The average Bonchev–Trinajstić information content (AvgIpc) is 3.18. The number of hydrogen-bond donors (Lipinski definition) is 1. The summed E-state index contributed by atoms with van der Waals surface area (Å²) in [6, 6.07) is 0. The summed E-state index contributed by atoms with van der Waals surface area (Å²) >= 11 is 0. The van der Waals surface area contributed by atoms with Gasteiger partial charge in [-0.3, -0.25) is 4.79 Å². The van der Waals surface area contributed by atoms with Crippen LogP contribution in [0.4, 0.5) is 13.2 Å². The quantitative estimate of drug-likeness (QED) is 0.801. The molecule has 1 aromatic heterocycles. The highest BCUT2D eigenvalue weighted by atomic mass is 19.4. The number of rotatable bonds is 6. The molecule has 1 amide bonds. The van der Waals surface area contributed by atoms with Crippen LogP contribution in [-0.2, 0) is 24.1 Å². The fourth-order valence-corrected chi connectivity index (χ4v) is 3.71. The van der Waals surface area contributed by atoms with Gasteiger partial charge in [0.25, 0.3) is 0 Å². The topological polar surface area (TPSA) is 80.3 Å². The molecule has 0 spiro atoms. The minimum Gasteiger partial charge on any atom is -0.366 e. The van der Waals surface area contributed by atoms with Crippen molar-refractivity contribution >= 4 is 5.91 Å². The zero-order valence-electron chi connectivity index (χ0n) is 15.4. The van der Waals surface area contributed by atoms with Gasteiger partial charge >= 0.3 is 6.18 Å². The third-order valence-corrected chi connectivity index (χ3v) is 5.36. The summed E-state index contributed by atoms with van der Waals surface area (Å²) in [6.45, 7) is 8.57. The van der Waals surface area contributed by atoms with Crippen LogP contribution in [0.2, 0.25) is 0 Å². The Kier molecular flexibility index (Phi) is 5.45. The van der Waals surface area contributed by atoms with Crippen molar-refractivity contribution in [1.82, 2.24) is 24.6 Å². The van der Waals surface area contributed by atoms with E-state index in [-0.39, 0.29) is 36.7 Å². The molecule has 10 heteroatoms. The first kappa shape index (κ1) is 19.7. The highest BCUT2D eigenvalue weighted by Crippen LogP contribution is 2.30. The van der Waals surface area contributed by atoms with Gasteiger partial charge in [-0.2, -0.15) is 13.2 Å². The summed E-state index contributed by atoms with van der Waals surface area (Å²) in [5, 5.41) is 6.98. The number of amides is 1. The largest absolute Gasteiger partial charge is 0.451 e. The van der Waals surface area contributed by atoms with E-state index < -0.39 is 12.0 Å². The van der Waals surface area contributed by atoms with Gasteiger partial charge in [-0.1, -0.05) is 13.5 Å². The normalized spacial score (nSPS) is 21.5. The molecular weight excluding hydrogens is 361 g/mol. The minimum atomic E-state index is -4.51. The number of nitrogens with zero attached hydrogens (tertiary/aromatic N) is 5. The summed E-state index contributed by atoms with van der Waals surface area (Å²) in [6.07, 6.45) is -3.05. The highest BCUT2D eigenvalue weighted by Gasteiger charge is 2.39. The Hall–Kier alpha value is -2.10. The molecule has 1 saturated heterocycles. The van der Waals surface area contributed by atoms with Crippen molar-refractivity contribution in [3.05, 3.63) is 23.9 Å². The maximum absolute atomic E-state index is 12.9. The van der Waals surface area contributed by atoms with E-state index in [1.54, 1.807) is 0 Å². The van der Waals surface area contributed by atoms with Gasteiger partial charge in [0.1, 0.15) is 0 Å². The Morgan fingerprint density at radius 2 is 2.07 bits per heavy atom. The van der Waals surface area contributed by atoms with Crippen molar-refractivity contribution in [2.45, 2.75) is 39.0 Å². The van der Waals surface area contributed by atoms with Crippen molar-refractivity contribution in [1.29, 1.82) is 0 Å². The van der Waals surface area contributed by atoms with E-state index in [2.05, 4.69) is 16.8 Å². The van der Waals surface area contributed by atoms with E-state index in [0.29, 0.717) is 26.1 Å². The molecular formula is C17H25F3N6O. The van der Waals surface area contributed by atoms with E-state index in [1.165, 1.54) is 0 Å². The predicted molar refractivity (Wildman–Crippen MR) is 92.1 cm³/mol. The van der Waals surface area contributed by atoms with Gasteiger partial charge in [0.05, 0.1) is 6.54 Å². The summed E-state index contributed by atoms with van der Waals surface area (Å²) in [5.41, 5.74) is 6.69. The fraction of sp³-hybridized carbons (Fsp3) is 0.706. The molecule has 2 aliphatic heterocycles. The maximum atomic E-state index is 12.9. The number of allylic oxidation sites excluding steroid dienone is 1. The van der Waals surface area contributed by atoms with E-state index >= 15 is 0 Å². The lowest BCUT2D eigenvalue weighted by Gasteiger charge is -2.33. The fourth-order valence-electron chi connectivity index (χ4n) is 3.71. The lowest BCUT2D eigenvalue weighted by Crippen LogP contribution is -2.38. The van der Waals surface area contributed by atoms with E-state index in [4.69, 9.17) is 5.73 Å². The SMILES string of the molecule is C=C(CC(CN)CN1CCC(C)C1=O)N1CCn2c(nnc2C(F)(F)F)C1. The van der Waals surface area contributed by atoms with Crippen LogP contribution in [-0.4, -0.2) is 56.7 Å². The van der Waals surface area contributed by atoms with Crippen LogP contribution < -0.4 is 5.73 Å². The summed E-state index contributed by atoms with van der Waals surface area (Å²) in [7, 11) is 0. The van der Waals surface area contributed by atoms with Crippen molar-refractivity contribution in [2.24, 2.45) is 17.6 Å². The highest BCUT2D eigenvalue weighted by molar-refractivity contribution is 5.80. The summed E-state index contributed by atoms with van der Waals surface area (Å²) < 4.78 is 39.9. The number of alkyl halides is 3. The number of nitrogens with two attached hydrogens (primary N) is 1. The smallest absolute Gasteiger partial charge is 0.366 e. The Morgan fingerprint density at radius 1 is 1.33 bits per heavy atom. The van der Waals surface area contributed by atoms with Crippen LogP contribution in [0.25, 0.3) is 0 Å². The maximum Gasteiger partial charge on any atom is 0.451 e. The summed E-state index contributed by atoms with van der Waals surface area (Å²) in [4.78, 5) is 15.9. The molecule has 0 radical (unpaired) electrons. The van der Waals surface area contributed by atoms with E-state index in [0.717, 1.165) is 23.2 Å². The lowest BCUT2D eigenvalue weighted by atomic mass is 10.0. The molecule has 0 aromatic carbocycles. The third kappa shape index (κ3) is 4.10. The van der Waals surface area contributed by atoms with Crippen LogP contribution in [0, 0.1) is 11.8 Å². The number of fused-ring (bicyclic) bond motifs is 1. The first-order valence-electron chi connectivity index (χ1n) is 9.11. The van der Waals surface area contributed by atoms with Crippen molar-refractivity contribution in [3.63, 3.8) is 0 Å². The van der Waals surface area contributed by atoms with Gasteiger partial charge in [0.2, 0.25) is 11.7 Å². The predicted octanol–water partition coefficient (Wildman–Crippen LogP) is 1.46. The third-order valence-electron chi connectivity index (χ3n) is 5.36. The molecule has 7 nitrogen and oxygen atoms in total. The number of carbonyl (C=O) groups is 1. The molecule has 3 heterocycles. The second kappa shape index (κ2) is 7.49. The molecule has 1 aromatic rings. The van der Waals surface area contributed by atoms with Crippen molar-refractivity contribution in [3.8, 4) is 0 Å². The van der Waals surface area contributed by atoms with Gasteiger partial charge < -0.3 is 20.1 Å². The van der Waals surface area contributed by atoms with Crippen LogP contribution >= 0.6 is 0 Å². The number of carbonyl (C=O) groups excluding carboxylic acids is 1. The Balaban J connectivity index is 1.60. The molecule has 2 atom stereocenters. The van der Waals surface area contributed by atoms with Gasteiger partial charge in [-0.05, 0) is 25.3 Å². The molecule has 2 aliphatic rings. The number of likely N-dealkylation sites (tertiary alicyclic amines) is 1. The standard InChI is InChI=1S/C17H25F3N6O/c1-11-3-4-25(15(11)27)9-13(8-21)7-12(2)24-5-6-26-14(10-24)22-23-16(26)17(18,19)20/h11,13H,2-10,21H2,1H3. The van der Waals surface area contributed by atoms with Crippen molar-refractivity contribution in [2.75, 3.05) is 26.2 Å². The van der Waals surface area contributed by atoms with E-state index in [1.807, 2.05) is 16.7 Å². The van der Waals surface area contributed by atoms with Crippen LogP contribution in [0.1, 0.15) is 31.4 Å².